The number of hydrogen-bond acceptors (Lipinski definition) is 5. The van der Waals surface area contributed by atoms with Gasteiger partial charge in [-0.15, -0.1) is 11.8 Å². The van der Waals surface area contributed by atoms with Gasteiger partial charge in [0.1, 0.15) is 0 Å². The molecule has 27 heavy (non-hydrogen) atoms. The van der Waals surface area contributed by atoms with E-state index in [4.69, 9.17) is 11.6 Å². The fourth-order valence-electron chi connectivity index (χ4n) is 2.46. The Hall–Kier alpha value is -2.09. The predicted molar refractivity (Wildman–Crippen MR) is 109 cm³/mol. The van der Waals surface area contributed by atoms with E-state index in [0.29, 0.717) is 11.6 Å². The van der Waals surface area contributed by atoms with Gasteiger partial charge in [0, 0.05) is 40.4 Å². The molecule has 2 rings (SSSR count). The molecule has 6 nitrogen and oxygen atoms in total. The average molecular weight is 408 g/mol. The normalized spacial score (nSPS) is 12.0. The summed E-state index contributed by atoms with van der Waals surface area (Å²) in [4.78, 5) is 25.6. The standard InChI is InChI=1S/C19H22ClN3O3S/c1-14(15-4-3-5-17(12-15)23(25)26)22(2)13-19(24)21-10-11-27-18-8-6-16(20)7-9-18/h3-9,12,14H,10-11,13H2,1-2H3,(H,21,24). The maximum absolute atomic E-state index is 12.1. The number of carbonyl (C=O) groups excluding carboxylic acids is 1. The number of carbonyl (C=O) groups is 1. The minimum Gasteiger partial charge on any atom is -0.354 e. The van der Waals surface area contributed by atoms with Crippen LogP contribution in [-0.4, -0.2) is 41.6 Å². The van der Waals surface area contributed by atoms with Crippen LogP contribution in [0, 0.1) is 10.1 Å². The first-order valence-corrected chi connectivity index (χ1v) is 9.83. The number of halogens is 1. The molecule has 144 valence electrons. The molecule has 1 N–H and O–H groups in total. The number of amides is 1. The van der Waals surface area contributed by atoms with Crippen LogP contribution in [0.15, 0.2) is 53.4 Å². The van der Waals surface area contributed by atoms with Gasteiger partial charge in [-0.1, -0.05) is 23.7 Å². The van der Waals surface area contributed by atoms with Crippen molar-refractivity contribution in [3.05, 3.63) is 69.2 Å². The van der Waals surface area contributed by atoms with Gasteiger partial charge in [0.2, 0.25) is 5.91 Å². The number of rotatable bonds is 9. The van der Waals surface area contributed by atoms with E-state index >= 15 is 0 Å². The Morgan fingerprint density at radius 2 is 2.00 bits per heavy atom. The van der Waals surface area contributed by atoms with Crippen molar-refractivity contribution in [1.29, 1.82) is 0 Å². The Balaban J connectivity index is 1.76. The van der Waals surface area contributed by atoms with Crippen LogP contribution in [0.4, 0.5) is 5.69 Å². The van der Waals surface area contributed by atoms with Crippen LogP contribution < -0.4 is 5.32 Å². The highest BCUT2D eigenvalue weighted by atomic mass is 35.5. The Labute approximate surface area is 168 Å². The molecular formula is C19H22ClN3O3S. The first-order valence-electron chi connectivity index (χ1n) is 8.46. The number of likely N-dealkylation sites (N-methyl/N-ethyl adjacent to an activating group) is 1. The number of nitrogens with one attached hydrogen (secondary N) is 1. The van der Waals surface area contributed by atoms with Crippen LogP contribution in [0.5, 0.6) is 0 Å². The van der Waals surface area contributed by atoms with E-state index < -0.39 is 4.92 Å². The third-order valence-corrected chi connectivity index (χ3v) is 5.39. The van der Waals surface area contributed by atoms with Crippen molar-refractivity contribution >= 4 is 35.0 Å². The van der Waals surface area contributed by atoms with Crippen molar-refractivity contribution in [2.45, 2.75) is 17.9 Å². The summed E-state index contributed by atoms with van der Waals surface area (Å²) in [5.41, 5.74) is 0.856. The summed E-state index contributed by atoms with van der Waals surface area (Å²) in [5.74, 6) is 0.684. The van der Waals surface area contributed by atoms with Crippen LogP contribution in [0.3, 0.4) is 0 Å². The molecule has 0 aliphatic heterocycles. The third kappa shape index (κ3) is 6.86. The van der Waals surface area contributed by atoms with E-state index in [-0.39, 0.29) is 24.2 Å². The second kappa shape index (κ2) is 10.3. The Morgan fingerprint density at radius 3 is 2.67 bits per heavy atom. The first kappa shape index (κ1) is 21.2. The highest BCUT2D eigenvalue weighted by Gasteiger charge is 2.17. The van der Waals surface area contributed by atoms with Gasteiger partial charge in [-0.05, 0) is 43.8 Å². The molecule has 0 heterocycles. The van der Waals surface area contributed by atoms with Crippen molar-refractivity contribution in [2.75, 3.05) is 25.9 Å². The fourth-order valence-corrected chi connectivity index (χ4v) is 3.36. The lowest BCUT2D eigenvalue weighted by molar-refractivity contribution is -0.384. The zero-order valence-electron chi connectivity index (χ0n) is 15.2. The number of nitro benzene ring substituents is 1. The summed E-state index contributed by atoms with van der Waals surface area (Å²) >= 11 is 7.50. The van der Waals surface area contributed by atoms with E-state index in [2.05, 4.69) is 5.32 Å². The highest BCUT2D eigenvalue weighted by molar-refractivity contribution is 7.99. The smallest absolute Gasteiger partial charge is 0.269 e. The predicted octanol–water partition coefficient (Wildman–Crippen LogP) is 4.15. The van der Waals surface area contributed by atoms with Gasteiger partial charge in [-0.3, -0.25) is 19.8 Å². The third-order valence-electron chi connectivity index (χ3n) is 4.12. The molecule has 1 unspecified atom stereocenters. The lowest BCUT2D eigenvalue weighted by Crippen LogP contribution is -2.37. The molecule has 0 aliphatic carbocycles. The minimum atomic E-state index is -0.415. The van der Waals surface area contributed by atoms with Gasteiger partial charge >= 0.3 is 0 Å². The Kier molecular flexibility index (Phi) is 8.09. The molecule has 2 aromatic carbocycles. The van der Waals surface area contributed by atoms with E-state index in [0.717, 1.165) is 16.2 Å². The summed E-state index contributed by atoms with van der Waals surface area (Å²) < 4.78 is 0. The maximum Gasteiger partial charge on any atom is 0.269 e. The molecule has 0 aromatic heterocycles. The topological polar surface area (TPSA) is 75.5 Å². The van der Waals surface area contributed by atoms with Gasteiger partial charge in [-0.25, -0.2) is 0 Å². The maximum atomic E-state index is 12.1. The molecule has 2 aromatic rings. The van der Waals surface area contributed by atoms with E-state index in [1.807, 2.05) is 49.2 Å². The number of hydrogen-bond donors (Lipinski definition) is 1. The zero-order valence-corrected chi connectivity index (χ0v) is 16.8. The molecule has 0 saturated carbocycles. The number of thioether (sulfide) groups is 1. The molecule has 0 bridgehead atoms. The van der Waals surface area contributed by atoms with Crippen LogP contribution in [0.1, 0.15) is 18.5 Å². The fraction of sp³-hybridized carbons (Fsp3) is 0.316. The van der Waals surface area contributed by atoms with Gasteiger partial charge in [0.05, 0.1) is 11.5 Å². The van der Waals surface area contributed by atoms with Crippen LogP contribution in [0.25, 0.3) is 0 Å². The lowest BCUT2D eigenvalue weighted by atomic mass is 10.1. The Morgan fingerprint density at radius 1 is 1.30 bits per heavy atom. The summed E-state index contributed by atoms with van der Waals surface area (Å²) in [6.07, 6.45) is 0. The molecule has 1 amide bonds. The molecule has 1 atom stereocenters. The van der Waals surface area contributed by atoms with Gasteiger partial charge in [0.25, 0.3) is 5.69 Å². The summed E-state index contributed by atoms with van der Waals surface area (Å²) in [6, 6.07) is 14.0. The summed E-state index contributed by atoms with van der Waals surface area (Å²) in [7, 11) is 1.82. The Bertz CT molecular complexity index is 786. The van der Waals surface area contributed by atoms with E-state index in [1.165, 1.54) is 6.07 Å². The van der Waals surface area contributed by atoms with Crippen LogP contribution in [-0.2, 0) is 4.79 Å². The molecule has 0 fully saturated rings. The van der Waals surface area contributed by atoms with E-state index in [1.54, 1.807) is 23.9 Å². The largest absolute Gasteiger partial charge is 0.354 e. The number of nitrogens with zero attached hydrogens (tertiary/aromatic N) is 2. The first-order chi connectivity index (χ1) is 12.9. The average Bonchev–Trinajstić information content (AvgIpc) is 2.66. The number of nitro groups is 1. The van der Waals surface area contributed by atoms with Crippen molar-refractivity contribution in [1.82, 2.24) is 10.2 Å². The molecule has 0 saturated heterocycles. The summed E-state index contributed by atoms with van der Waals surface area (Å²) in [5, 5.41) is 14.5. The second-order valence-corrected chi connectivity index (χ2v) is 7.70. The van der Waals surface area contributed by atoms with Gasteiger partial charge < -0.3 is 5.32 Å². The molecule has 0 spiro atoms. The van der Waals surface area contributed by atoms with Crippen LogP contribution in [0.2, 0.25) is 5.02 Å². The molecule has 8 heteroatoms. The minimum absolute atomic E-state index is 0.0522. The highest BCUT2D eigenvalue weighted by Crippen LogP contribution is 2.23. The quantitative estimate of drug-likeness (QED) is 0.292. The lowest BCUT2D eigenvalue weighted by Gasteiger charge is -2.24. The van der Waals surface area contributed by atoms with Crippen molar-refractivity contribution in [3.63, 3.8) is 0 Å². The second-order valence-electron chi connectivity index (χ2n) is 6.10. The van der Waals surface area contributed by atoms with Gasteiger partial charge in [0.15, 0.2) is 0 Å². The SMILES string of the molecule is CC(c1cccc([N+](=O)[O-])c1)N(C)CC(=O)NCCSc1ccc(Cl)cc1. The van der Waals surface area contributed by atoms with Crippen molar-refractivity contribution in [2.24, 2.45) is 0 Å². The van der Waals surface area contributed by atoms with E-state index in [9.17, 15) is 14.9 Å². The molecular weight excluding hydrogens is 386 g/mol. The van der Waals surface area contributed by atoms with Crippen LogP contribution >= 0.6 is 23.4 Å². The zero-order chi connectivity index (χ0) is 19.8. The van der Waals surface area contributed by atoms with Gasteiger partial charge in [-0.2, -0.15) is 0 Å². The number of benzene rings is 2. The van der Waals surface area contributed by atoms with Crippen molar-refractivity contribution in [3.8, 4) is 0 Å². The monoisotopic (exact) mass is 407 g/mol. The molecule has 0 radical (unpaired) electrons. The molecule has 0 aliphatic rings. The summed E-state index contributed by atoms with van der Waals surface area (Å²) in [6.45, 7) is 2.70. The number of non-ortho nitro benzene ring substituents is 1. The van der Waals surface area contributed by atoms with Crippen molar-refractivity contribution < 1.29 is 9.72 Å².